The van der Waals surface area contributed by atoms with E-state index in [9.17, 15) is 4.79 Å². The monoisotopic (exact) mass is 263 g/mol. The van der Waals surface area contributed by atoms with Gasteiger partial charge in [0.05, 0.1) is 0 Å². The van der Waals surface area contributed by atoms with Crippen LogP contribution >= 0.6 is 0 Å². The van der Waals surface area contributed by atoms with Crippen LogP contribution in [0.4, 0.5) is 0 Å². The summed E-state index contributed by atoms with van der Waals surface area (Å²) in [6.07, 6.45) is 3.86. The van der Waals surface area contributed by atoms with E-state index in [4.69, 9.17) is 0 Å². The second kappa shape index (κ2) is 6.75. The van der Waals surface area contributed by atoms with Crippen molar-refractivity contribution in [2.45, 2.75) is 39.5 Å². The molecule has 0 atom stereocenters. The van der Waals surface area contributed by atoms with Crippen molar-refractivity contribution in [1.29, 1.82) is 0 Å². The maximum Gasteiger partial charge on any atom is 0.222 e. The molecule has 1 fully saturated rings. The molecule has 0 bridgehead atoms. The maximum atomic E-state index is 12.0. The molecule has 19 heavy (non-hydrogen) atoms. The molecule has 0 radical (unpaired) electrons. The predicted octanol–water partition coefficient (Wildman–Crippen LogP) is 1.78. The van der Waals surface area contributed by atoms with Crippen LogP contribution in [-0.2, 0) is 11.2 Å². The zero-order chi connectivity index (χ0) is 13.7. The Kier molecular flexibility index (Phi) is 5.02. The third-order valence-electron chi connectivity index (χ3n) is 3.81. The zero-order valence-corrected chi connectivity index (χ0v) is 12.1. The summed E-state index contributed by atoms with van der Waals surface area (Å²) in [4.78, 5) is 17.3. The first-order valence-electron chi connectivity index (χ1n) is 7.30. The number of carbonyl (C=O) groups excluding carboxylic acids is 1. The van der Waals surface area contributed by atoms with Gasteiger partial charge in [-0.15, -0.1) is 0 Å². The molecule has 4 heteroatoms. The van der Waals surface area contributed by atoms with Crippen molar-refractivity contribution < 1.29 is 4.79 Å². The largest absolute Gasteiger partial charge is 0.362 e. The molecule has 0 unspecified atom stereocenters. The first-order chi connectivity index (χ1) is 9.16. The van der Waals surface area contributed by atoms with Crippen molar-refractivity contribution in [2.24, 2.45) is 0 Å². The van der Waals surface area contributed by atoms with Crippen LogP contribution in [-0.4, -0.2) is 42.0 Å². The summed E-state index contributed by atoms with van der Waals surface area (Å²) in [6.45, 7) is 7.82. The highest BCUT2D eigenvalue weighted by Crippen LogP contribution is 2.13. The Morgan fingerprint density at radius 2 is 2.00 bits per heavy atom. The molecule has 0 saturated carbocycles. The molecular weight excluding hydrogens is 238 g/mol. The molecule has 0 aliphatic carbocycles. The maximum absolute atomic E-state index is 12.0. The lowest BCUT2D eigenvalue weighted by Crippen LogP contribution is -2.46. The predicted molar refractivity (Wildman–Crippen MR) is 77.3 cm³/mol. The lowest BCUT2D eigenvalue weighted by Gasteiger charge is -2.27. The molecule has 1 aliphatic heterocycles. The number of carbonyl (C=O) groups is 1. The first-order valence-corrected chi connectivity index (χ1v) is 7.30. The topological polar surface area (TPSA) is 48.1 Å². The number of rotatable bonds is 5. The molecule has 1 saturated heterocycles. The third-order valence-corrected chi connectivity index (χ3v) is 3.81. The van der Waals surface area contributed by atoms with Crippen molar-refractivity contribution in [3.63, 3.8) is 0 Å². The fourth-order valence-electron chi connectivity index (χ4n) is 2.71. The number of H-pyrrole nitrogens is 1. The fraction of sp³-hybridized carbons (Fsp3) is 0.667. The number of hydrogen-bond donors (Lipinski definition) is 2. The Morgan fingerprint density at radius 3 is 2.63 bits per heavy atom. The van der Waals surface area contributed by atoms with Crippen molar-refractivity contribution in [2.75, 3.05) is 26.2 Å². The normalized spacial score (nSPS) is 15.8. The number of aromatic amines is 1. The van der Waals surface area contributed by atoms with Crippen LogP contribution in [0.25, 0.3) is 0 Å². The van der Waals surface area contributed by atoms with E-state index in [-0.39, 0.29) is 0 Å². The van der Waals surface area contributed by atoms with E-state index in [0.717, 1.165) is 45.4 Å². The van der Waals surface area contributed by atoms with E-state index in [1.807, 2.05) is 4.90 Å². The number of amides is 1. The van der Waals surface area contributed by atoms with Gasteiger partial charge >= 0.3 is 0 Å². The molecule has 0 aromatic carbocycles. The molecule has 4 nitrogen and oxygen atoms in total. The Balaban J connectivity index is 1.66. The molecule has 1 aromatic heterocycles. The second-order valence-corrected chi connectivity index (χ2v) is 5.44. The fourth-order valence-corrected chi connectivity index (χ4v) is 2.71. The van der Waals surface area contributed by atoms with Crippen molar-refractivity contribution in [3.8, 4) is 0 Å². The molecule has 2 heterocycles. The van der Waals surface area contributed by atoms with E-state index < -0.39 is 0 Å². The van der Waals surface area contributed by atoms with E-state index in [2.05, 4.69) is 30.2 Å². The van der Waals surface area contributed by atoms with Gasteiger partial charge in [-0.05, 0) is 44.7 Å². The highest BCUT2D eigenvalue weighted by atomic mass is 16.2. The Morgan fingerprint density at radius 1 is 1.26 bits per heavy atom. The van der Waals surface area contributed by atoms with Gasteiger partial charge in [-0.1, -0.05) is 0 Å². The molecule has 1 aromatic rings. The minimum atomic E-state index is 0.323. The molecular formula is C15H25N3O. The number of unbranched alkanes of at least 4 members (excludes halogenated alkanes) is 1. The lowest BCUT2D eigenvalue weighted by atomic mass is 10.1. The third kappa shape index (κ3) is 4.10. The minimum Gasteiger partial charge on any atom is -0.362 e. The average Bonchev–Trinajstić information content (AvgIpc) is 2.74. The molecule has 106 valence electrons. The van der Waals surface area contributed by atoms with Crippen LogP contribution in [0, 0.1) is 13.8 Å². The first kappa shape index (κ1) is 14.1. The molecule has 1 aliphatic rings. The highest BCUT2D eigenvalue weighted by Gasteiger charge is 2.15. The van der Waals surface area contributed by atoms with Gasteiger partial charge < -0.3 is 15.2 Å². The summed E-state index contributed by atoms with van der Waals surface area (Å²) in [7, 11) is 0. The minimum absolute atomic E-state index is 0.323. The van der Waals surface area contributed by atoms with Crippen LogP contribution in [0.15, 0.2) is 6.07 Å². The lowest BCUT2D eigenvalue weighted by molar-refractivity contribution is -0.131. The highest BCUT2D eigenvalue weighted by molar-refractivity contribution is 5.76. The van der Waals surface area contributed by atoms with Crippen LogP contribution in [0.1, 0.15) is 36.2 Å². The number of piperazine rings is 1. The Labute approximate surface area is 115 Å². The summed E-state index contributed by atoms with van der Waals surface area (Å²) in [5, 5.41) is 3.27. The summed E-state index contributed by atoms with van der Waals surface area (Å²) in [5.41, 5.74) is 3.89. The summed E-state index contributed by atoms with van der Waals surface area (Å²) >= 11 is 0. The standard InChI is InChI=1S/C15H25N3O/c1-12-11-14(13(2)17-12)5-3-4-6-15(19)18-9-7-16-8-10-18/h11,16-17H,3-10H2,1-2H3. The van der Waals surface area contributed by atoms with Crippen molar-refractivity contribution in [3.05, 3.63) is 23.0 Å². The van der Waals surface area contributed by atoms with E-state index in [1.54, 1.807) is 0 Å². The number of nitrogens with zero attached hydrogens (tertiary/aromatic N) is 1. The van der Waals surface area contributed by atoms with Gasteiger partial charge in [0, 0.05) is 44.0 Å². The van der Waals surface area contributed by atoms with Crippen LogP contribution in [0.2, 0.25) is 0 Å². The quantitative estimate of drug-likeness (QED) is 0.796. The van der Waals surface area contributed by atoms with Gasteiger partial charge in [-0.2, -0.15) is 0 Å². The van der Waals surface area contributed by atoms with Gasteiger partial charge in [0.15, 0.2) is 0 Å². The van der Waals surface area contributed by atoms with Gasteiger partial charge in [0.25, 0.3) is 0 Å². The number of aromatic nitrogens is 1. The average molecular weight is 263 g/mol. The number of aryl methyl sites for hydroxylation is 3. The molecule has 0 spiro atoms. The summed E-state index contributed by atoms with van der Waals surface area (Å²) < 4.78 is 0. The van der Waals surface area contributed by atoms with Gasteiger partial charge in [-0.3, -0.25) is 4.79 Å². The summed E-state index contributed by atoms with van der Waals surface area (Å²) in [5.74, 6) is 0.323. The second-order valence-electron chi connectivity index (χ2n) is 5.44. The number of hydrogen-bond acceptors (Lipinski definition) is 2. The van der Waals surface area contributed by atoms with Gasteiger partial charge in [0.1, 0.15) is 0 Å². The zero-order valence-electron chi connectivity index (χ0n) is 12.1. The van der Waals surface area contributed by atoms with Gasteiger partial charge in [-0.25, -0.2) is 0 Å². The van der Waals surface area contributed by atoms with Gasteiger partial charge in [0.2, 0.25) is 5.91 Å². The Bertz CT molecular complexity index is 419. The SMILES string of the molecule is Cc1cc(CCCCC(=O)N2CCNCC2)c(C)[nH]1. The smallest absolute Gasteiger partial charge is 0.222 e. The molecule has 2 N–H and O–H groups in total. The van der Waals surface area contributed by atoms with Crippen molar-refractivity contribution in [1.82, 2.24) is 15.2 Å². The summed E-state index contributed by atoms with van der Waals surface area (Å²) in [6, 6.07) is 2.22. The van der Waals surface area contributed by atoms with E-state index in [1.165, 1.54) is 17.0 Å². The van der Waals surface area contributed by atoms with Crippen molar-refractivity contribution >= 4 is 5.91 Å². The number of nitrogens with one attached hydrogen (secondary N) is 2. The van der Waals surface area contributed by atoms with E-state index in [0.29, 0.717) is 12.3 Å². The Hall–Kier alpha value is -1.29. The van der Waals surface area contributed by atoms with Crippen LogP contribution in [0.5, 0.6) is 0 Å². The van der Waals surface area contributed by atoms with Crippen LogP contribution in [0.3, 0.4) is 0 Å². The molecule has 1 amide bonds. The van der Waals surface area contributed by atoms with Crippen LogP contribution < -0.4 is 5.32 Å². The molecule has 2 rings (SSSR count). The van der Waals surface area contributed by atoms with E-state index >= 15 is 0 Å².